The van der Waals surface area contributed by atoms with E-state index in [1.165, 1.54) is 0 Å². The maximum atomic E-state index is 9.02. The lowest BCUT2D eigenvalue weighted by Gasteiger charge is -2.13. The van der Waals surface area contributed by atoms with Crippen molar-refractivity contribution in [2.24, 2.45) is 0 Å². The highest BCUT2D eigenvalue weighted by atomic mass is 32.5. The third-order valence-corrected chi connectivity index (χ3v) is 2.37. The fourth-order valence-corrected chi connectivity index (χ4v) is 1.87. The second-order valence-electron chi connectivity index (χ2n) is 2.94. The van der Waals surface area contributed by atoms with E-state index in [9.17, 15) is 0 Å². The Morgan fingerprint density at radius 3 is 2.57 bits per heavy atom. The monoisotopic (exact) mass is 232 g/mol. The molecule has 0 aliphatic carbocycles. The Bertz CT molecular complexity index is 348. The van der Waals surface area contributed by atoms with E-state index in [1.54, 1.807) is 12.1 Å². The zero-order valence-electron chi connectivity index (χ0n) is 7.88. The Morgan fingerprint density at radius 1 is 1.36 bits per heavy atom. The molecule has 1 aromatic rings. The lowest BCUT2D eigenvalue weighted by molar-refractivity contribution is 0.369. The Balaban J connectivity index is 2.90. The number of aryl methyl sites for hydroxylation is 1. The highest BCUT2D eigenvalue weighted by Crippen LogP contribution is 2.39. The van der Waals surface area contributed by atoms with E-state index in [0.29, 0.717) is 5.75 Å². The van der Waals surface area contributed by atoms with Crippen LogP contribution in [0.2, 0.25) is 0 Å². The highest BCUT2D eigenvalue weighted by Gasteiger charge is 2.12. The Kier molecular flexibility index (Phi) is 4.08. The van der Waals surface area contributed by atoms with Gasteiger partial charge in [-0.3, -0.25) is 0 Å². The molecule has 78 valence electrons. The second kappa shape index (κ2) is 4.89. The Labute approximate surface area is 88.6 Å². The molecule has 0 spiro atoms. The van der Waals surface area contributed by atoms with Crippen molar-refractivity contribution in [2.75, 3.05) is 0 Å². The topological polar surface area (TPSA) is 49.7 Å². The maximum Gasteiger partial charge on any atom is 0.375 e. The molecule has 0 atom stereocenters. The third kappa shape index (κ3) is 3.76. The first-order chi connectivity index (χ1) is 6.53. The van der Waals surface area contributed by atoms with Crippen molar-refractivity contribution in [3.63, 3.8) is 0 Å². The number of hydrogen-bond donors (Lipinski definition) is 2. The number of para-hydroxylation sites is 1. The van der Waals surface area contributed by atoms with Crippen LogP contribution in [0.1, 0.15) is 18.9 Å². The zero-order valence-corrected chi connectivity index (χ0v) is 9.59. The smallest absolute Gasteiger partial charge is 0.375 e. The Hall–Kier alpha value is -0.410. The fraction of sp³-hybridized carbons (Fsp3) is 0.333. The Morgan fingerprint density at radius 2 is 2.00 bits per heavy atom. The van der Waals surface area contributed by atoms with Crippen molar-refractivity contribution in [3.05, 3.63) is 29.8 Å². The molecule has 0 radical (unpaired) electrons. The summed E-state index contributed by atoms with van der Waals surface area (Å²) in [5, 5.41) is 0. The highest BCUT2D eigenvalue weighted by molar-refractivity contribution is 8.06. The molecule has 0 aromatic heterocycles. The average molecular weight is 232 g/mol. The standard InChI is InChI=1S/C9H13O3PS/c1-2-5-8-6-3-4-7-9(8)12-13(10,11)14/h3-4,6-7H,2,5H2,1H3,(H2,10,11,14). The third-order valence-electron chi connectivity index (χ3n) is 1.71. The van der Waals surface area contributed by atoms with Gasteiger partial charge in [-0.05, 0) is 18.1 Å². The number of benzene rings is 1. The fourth-order valence-electron chi connectivity index (χ4n) is 1.20. The van der Waals surface area contributed by atoms with E-state index in [4.69, 9.17) is 14.3 Å². The summed E-state index contributed by atoms with van der Waals surface area (Å²) in [6.45, 7) is -1.56. The van der Waals surface area contributed by atoms with Gasteiger partial charge in [0, 0.05) is 11.8 Å². The van der Waals surface area contributed by atoms with Crippen molar-refractivity contribution in [2.45, 2.75) is 19.8 Å². The van der Waals surface area contributed by atoms with Gasteiger partial charge < -0.3 is 14.3 Å². The molecule has 0 aliphatic heterocycles. The minimum Gasteiger partial charge on any atom is -0.424 e. The summed E-state index contributed by atoms with van der Waals surface area (Å²) in [5.41, 5.74) is 0.951. The van der Waals surface area contributed by atoms with Crippen LogP contribution in [0.25, 0.3) is 0 Å². The maximum absolute atomic E-state index is 9.02. The molecule has 0 aliphatic rings. The van der Waals surface area contributed by atoms with Crippen LogP contribution in [0, 0.1) is 0 Å². The molecule has 0 saturated carbocycles. The van der Waals surface area contributed by atoms with Crippen molar-refractivity contribution in [3.8, 4) is 5.75 Å². The summed E-state index contributed by atoms with van der Waals surface area (Å²) < 4.78 is 4.92. The molecule has 2 N–H and O–H groups in total. The predicted molar refractivity (Wildman–Crippen MR) is 59.8 cm³/mol. The van der Waals surface area contributed by atoms with Crippen molar-refractivity contribution < 1.29 is 14.3 Å². The molecule has 0 fully saturated rings. The van der Waals surface area contributed by atoms with Crippen molar-refractivity contribution >= 4 is 18.5 Å². The zero-order chi connectivity index (χ0) is 10.6. The van der Waals surface area contributed by atoms with Gasteiger partial charge in [-0.15, -0.1) is 0 Å². The first-order valence-corrected chi connectivity index (χ1v) is 6.98. The lowest BCUT2D eigenvalue weighted by Crippen LogP contribution is -1.94. The molecule has 0 heterocycles. The molecule has 3 nitrogen and oxygen atoms in total. The molecule has 0 unspecified atom stereocenters. The average Bonchev–Trinajstić information content (AvgIpc) is 2.06. The van der Waals surface area contributed by atoms with Gasteiger partial charge in [0.1, 0.15) is 5.75 Å². The summed E-state index contributed by atoms with van der Waals surface area (Å²) in [6.07, 6.45) is 1.81. The lowest BCUT2D eigenvalue weighted by atomic mass is 10.1. The van der Waals surface area contributed by atoms with Gasteiger partial charge in [0.05, 0.1) is 0 Å². The first kappa shape index (κ1) is 11.7. The molecule has 1 aromatic carbocycles. The molecule has 0 bridgehead atoms. The summed E-state index contributed by atoms with van der Waals surface area (Å²) in [7, 11) is 0. The number of hydrogen-bond acceptors (Lipinski definition) is 2. The molecule has 5 heteroatoms. The van der Waals surface area contributed by atoms with Gasteiger partial charge in [-0.2, -0.15) is 0 Å². The SMILES string of the molecule is CCCc1ccccc1OP(O)(O)=S. The van der Waals surface area contributed by atoms with Crippen LogP contribution in [0.15, 0.2) is 24.3 Å². The minimum absolute atomic E-state index is 0.475. The second-order valence-corrected chi connectivity index (χ2v) is 5.53. The van der Waals surface area contributed by atoms with Gasteiger partial charge in [0.2, 0.25) is 0 Å². The van der Waals surface area contributed by atoms with Gasteiger partial charge in [-0.1, -0.05) is 31.5 Å². The molecule has 0 saturated heterocycles. The van der Waals surface area contributed by atoms with Crippen LogP contribution < -0.4 is 4.52 Å². The minimum atomic E-state index is -3.60. The van der Waals surface area contributed by atoms with Gasteiger partial charge in [0.25, 0.3) is 0 Å². The van der Waals surface area contributed by atoms with E-state index in [0.717, 1.165) is 18.4 Å². The van der Waals surface area contributed by atoms with E-state index in [1.807, 2.05) is 19.1 Å². The van der Waals surface area contributed by atoms with Crippen LogP contribution in [-0.4, -0.2) is 9.79 Å². The van der Waals surface area contributed by atoms with E-state index >= 15 is 0 Å². The summed E-state index contributed by atoms with van der Waals surface area (Å²) in [6, 6.07) is 7.25. The molecule has 14 heavy (non-hydrogen) atoms. The summed E-state index contributed by atoms with van der Waals surface area (Å²) in [4.78, 5) is 18.0. The normalized spacial score (nSPS) is 11.4. The molecular weight excluding hydrogens is 219 g/mol. The van der Waals surface area contributed by atoms with Crippen LogP contribution in [-0.2, 0) is 18.2 Å². The van der Waals surface area contributed by atoms with E-state index in [2.05, 4.69) is 11.8 Å². The van der Waals surface area contributed by atoms with Crippen LogP contribution in [0.3, 0.4) is 0 Å². The van der Waals surface area contributed by atoms with Crippen LogP contribution in [0.4, 0.5) is 0 Å². The van der Waals surface area contributed by atoms with Crippen molar-refractivity contribution in [1.29, 1.82) is 0 Å². The van der Waals surface area contributed by atoms with Gasteiger partial charge in [0.15, 0.2) is 0 Å². The van der Waals surface area contributed by atoms with Crippen LogP contribution in [0.5, 0.6) is 5.75 Å². The van der Waals surface area contributed by atoms with E-state index < -0.39 is 6.72 Å². The quantitative estimate of drug-likeness (QED) is 0.781. The first-order valence-electron chi connectivity index (χ1n) is 4.36. The van der Waals surface area contributed by atoms with Gasteiger partial charge in [-0.25, -0.2) is 0 Å². The largest absolute Gasteiger partial charge is 0.424 e. The molecular formula is C9H13O3PS. The summed E-state index contributed by atoms with van der Waals surface area (Å²) in [5.74, 6) is 0.475. The van der Waals surface area contributed by atoms with Crippen LogP contribution >= 0.6 is 6.72 Å². The van der Waals surface area contributed by atoms with E-state index in [-0.39, 0.29) is 0 Å². The van der Waals surface area contributed by atoms with Gasteiger partial charge >= 0.3 is 6.72 Å². The molecule has 0 amide bonds. The van der Waals surface area contributed by atoms with Crippen molar-refractivity contribution in [1.82, 2.24) is 0 Å². The summed E-state index contributed by atoms with van der Waals surface area (Å²) >= 11 is 4.41. The molecule has 1 rings (SSSR count). The predicted octanol–water partition coefficient (Wildman–Crippen LogP) is 2.23. The number of rotatable bonds is 4.